The molecule has 3 aromatic carbocycles. The molecule has 0 fully saturated rings. The number of carbonyl (C=O) groups excluding carboxylic acids is 3. The maximum atomic E-state index is 12.3. The fraction of sp³-hybridized carbons (Fsp3) is 0.160. The van der Waals surface area contributed by atoms with Crippen molar-refractivity contribution in [2.75, 3.05) is 0 Å². The molecule has 3 rings (SSSR count). The first-order chi connectivity index (χ1) is 14.6. The van der Waals surface area contributed by atoms with Gasteiger partial charge in [0.15, 0.2) is 5.78 Å². The summed E-state index contributed by atoms with van der Waals surface area (Å²) in [6, 6.07) is 25.3. The van der Waals surface area contributed by atoms with Crippen molar-refractivity contribution in [3.8, 4) is 11.5 Å². The lowest BCUT2D eigenvalue weighted by Gasteiger charge is -2.06. The first-order valence-corrected chi connectivity index (χ1v) is 9.72. The molecule has 0 bridgehead atoms. The van der Waals surface area contributed by atoms with Crippen molar-refractivity contribution < 1.29 is 23.9 Å². The highest BCUT2D eigenvalue weighted by molar-refractivity contribution is 6.33. The minimum Gasteiger partial charge on any atom is -0.457 e. The highest BCUT2D eigenvalue weighted by Gasteiger charge is 2.16. The van der Waals surface area contributed by atoms with E-state index < -0.39 is 11.8 Å². The van der Waals surface area contributed by atoms with E-state index in [9.17, 15) is 14.4 Å². The number of hydrogen-bond acceptors (Lipinski definition) is 5. The monoisotopic (exact) mass is 402 g/mol. The number of hydrogen-bond donors (Lipinski definition) is 0. The second-order valence-corrected chi connectivity index (χ2v) is 6.70. The van der Waals surface area contributed by atoms with Crippen molar-refractivity contribution in [3.63, 3.8) is 0 Å². The molecule has 0 aliphatic heterocycles. The highest BCUT2D eigenvalue weighted by Crippen LogP contribution is 2.21. The predicted octanol–water partition coefficient (Wildman–Crippen LogP) is 5.14. The summed E-state index contributed by atoms with van der Waals surface area (Å²) in [7, 11) is 0. The molecular formula is C25H22O5. The van der Waals surface area contributed by atoms with Gasteiger partial charge in [0.1, 0.15) is 18.1 Å². The number of benzene rings is 3. The smallest absolute Gasteiger partial charge is 0.374 e. The van der Waals surface area contributed by atoms with E-state index in [0.717, 1.165) is 5.56 Å². The van der Waals surface area contributed by atoms with E-state index in [1.165, 1.54) is 0 Å². The maximum Gasteiger partial charge on any atom is 0.374 e. The summed E-state index contributed by atoms with van der Waals surface area (Å²) < 4.78 is 10.7. The number of ketones is 2. The third-order valence-electron chi connectivity index (χ3n) is 4.40. The van der Waals surface area contributed by atoms with Crippen molar-refractivity contribution in [2.24, 2.45) is 0 Å². The van der Waals surface area contributed by atoms with Gasteiger partial charge in [0.05, 0.1) is 0 Å². The van der Waals surface area contributed by atoms with Crippen LogP contribution in [0.1, 0.15) is 35.2 Å². The van der Waals surface area contributed by atoms with Gasteiger partial charge < -0.3 is 9.47 Å². The molecule has 3 aromatic rings. The van der Waals surface area contributed by atoms with Crippen LogP contribution in [-0.2, 0) is 20.9 Å². The largest absolute Gasteiger partial charge is 0.457 e. The maximum absolute atomic E-state index is 12.3. The molecular weight excluding hydrogens is 380 g/mol. The van der Waals surface area contributed by atoms with E-state index in [1.54, 1.807) is 24.3 Å². The Bertz CT molecular complexity index is 979. The van der Waals surface area contributed by atoms with E-state index >= 15 is 0 Å². The standard InChI is InChI=1S/C25H22O5/c26-23(20-14-16-22(17-15-20)30-21-10-5-2-6-11-21)12-7-13-24(27)25(28)29-18-19-8-3-1-4-9-19/h1-6,8-11,14-17H,7,12-13,18H2. The number of ether oxygens (including phenoxy) is 2. The van der Waals surface area contributed by atoms with Crippen LogP contribution in [0.3, 0.4) is 0 Å². The normalized spacial score (nSPS) is 10.3. The van der Waals surface area contributed by atoms with Crippen molar-refractivity contribution in [3.05, 3.63) is 96.1 Å². The molecule has 0 spiro atoms. The average molecular weight is 402 g/mol. The van der Waals surface area contributed by atoms with E-state index in [2.05, 4.69) is 0 Å². The Hall–Kier alpha value is -3.73. The molecule has 0 aliphatic rings. The second kappa shape index (κ2) is 10.7. The number of rotatable bonds is 10. The molecule has 0 radical (unpaired) electrons. The van der Waals surface area contributed by atoms with Crippen molar-refractivity contribution in [1.82, 2.24) is 0 Å². The van der Waals surface area contributed by atoms with Gasteiger partial charge in [-0.25, -0.2) is 4.79 Å². The quantitative estimate of drug-likeness (QED) is 0.267. The molecule has 0 aromatic heterocycles. The zero-order valence-electron chi connectivity index (χ0n) is 16.5. The summed E-state index contributed by atoms with van der Waals surface area (Å²) in [4.78, 5) is 36.0. The molecule has 0 unspecified atom stereocenters. The molecule has 0 atom stereocenters. The van der Waals surface area contributed by atoms with E-state index in [0.29, 0.717) is 23.5 Å². The van der Waals surface area contributed by atoms with Gasteiger partial charge in [-0.2, -0.15) is 0 Å². The molecule has 0 heterocycles. The van der Waals surface area contributed by atoms with Gasteiger partial charge in [0, 0.05) is 18.4 Å². The number of carbonyl (C=O) groups is 3. The Morgan fingerprint density at radius 1 is 0.667 bits per heavy atom. The lowest BCUT2D eigenvalue weighted by Crippen LogP contribution is -2.17. The van der Waals surface area contributed by atoms with Crippen LogP contribution in [0.15, 0.2) is 84.9 Å². The Labute approximate surface area is 175 Å². The Balaban J connectivity index is 1.40. The topological polar surface area (TPSA) is 69.7 Å². The Morgan fingerprint density at radius 3 is 1.93 bits per heavy atom. The van der Waals surface area contributed by atoms with Gasteiger partial charge in [-0.05, 0) is 48.4 Å². The number of esters is 1. The molecule has 0 aliphatic carbocycles. The van der Waals surface area contributed by atoms with E-state index in [-0.39, 0.29) is 25.2 Å². The zero-order valence-corrected chi connectivity index (χ0v) is 16.5. The molecule has 5 nitrogen and oxygen atoms in total. The van der Waals surface area contributed by atoms with Gasteiger partial charge in [-0.3, -0.25) is 9.59 Å². The van der Waals surface area contributed by atoms with Crippen LogP contribution in [0.25, 0.3) is 0 Å². The molecule has 0 saturated heterocycles. The molecule has 0 saturated carbocycles. The summed E-state index contributed by atoms with van der Waals surface area (Å²) in [6.07, 6.45) is 0.450. The molecule has 152 valence electrons. The van der Waals surface area contributed by atoms with Crippen LogP contribution >= 0.6 is 0 Å². The summed E-state index contributed by atoms with van der Waals surface area (Å²) in [5.74, 6) is -0.228. The third-order valence-corrected chi connectivity index (χ3v) is 4.40. The fourth-order valence-electron chi connectivity index (χ4n) is 2.79. The lowest BCUT2D eigenvalue weighted by molar-refractivity contribution is -0.154. The second-order valence-electron chi connectivity index (χ2n) is 6.70. The minimum absolute atomic E-state index is 0.0193. The van der Waals surface area contributed by atoms with Gasteiger partial charge in [-0.1, -0.05) is 48.5 Å². The summed E-state index contributed by atoms with van der Waals surface area (Å²) in [6.45, 7) is 0.0573. The van der Waals surface area contributed by atoms with Crippen LogP contribution in [0.5, 0.6) is 11.5 Å². The third kappa shape index (κ3) is 6.41. The minimum atomic E-state index is -0.867. The van der Waals surface area contributed by atoms with Crippen molar-refractivity contribution in [2.45, 2.75) is 25.9 Å². The SMILES string of the molecule is O=C(CCCC(=O)c1ccc(Oc2ccccc2)cc1)C(=O)OCc1ccccc1. The first-order valence-electron chi connectivity index (χ1n) is 9.72. The number of para-hydroxylation sites is 1. The molecule has 0 N–H and O–H groups in total. The zero-order chi connectivity index (χ0) is 21.2. The van der Waals surface area contributed by atoms with Crippen LogP contribution in [0.4, 0.5) is 0 Å². The fourth-order valence-corrected chi connectivity index (χ4v) is 2.79. The highest BCUT2D eigenvalue weighted by atomic mass is 16.5. The molecule has 5 heteroatoms. The van der Waals surface area contributed by atoms with Gasteiger partial charge >= 0.3 is 5.97 Å². The van der Waals surface area contributed by atoms with E-state index in [1.807, 2.05) is 60.7 Å². The average Bonchev–Trinajstić information content (AvgIpc) is 2.79. The van der Waals surface area contributed by atoms with Crippen LogP contribution in [-0.4, -0.2) is 17.5 Å². The van der Waals surface area contributed by atoms with Gasteiger partial charge in [0.2, 0.25) is 5.78 Å². The van der Waals surface area contributed by atoms with Crippen LogP contribution < -0.4 is 4.74 Å². The van der Waals surface area contributed by atoms with E-state index in [4.69, 9.17) is 9.47 Å². The molecule has 30 heavy (non-hydrogen) atoms. The lowest BCUT2D eigenvalue weighted by atomic mass is 10.0. The number of Topliss-reactive ketones (excluding diaryl/α,β-unsaturated/α-hetero) is 2. The van der Waals surface area contributed by atoms with Gasteiger partial charge in [-0.15, -0.1) is 0 Å². The summed E-state index contributed by atoms with van der Waals surface area (Å²) in [5.41, 5.74) is 1.35. The van der Waals surface area contributed by atoms with Crippen LogP contribution in [0, 0.1) is 0 Å². The Morgan fingerprint density at radius 2 is 1.27 bits per heavy atom. The first kappa shape index (κ1) is 21.0. The predicted molar refractivity (Wildman–Crippen MR) is 112 cm³/mol. The molecule has 0 amide bonds. The van der Waals surface area contributed by atoms with Crippen molar-refractivity contribution in [1.29, 1.82) is 0 Å². The summed E-state index contributed by atoms with van der Waals surface area (Å²) in [5, 5.41) is 0. The Kier molecular flexibility index (Phi) is 7.50. The van der Waals surface area contributed by atoms with Crippen LogP contribution in [0.2, 0.25) is 0 Å². The van der Waals surface area contributed by atoms with Crippen molar-refractivity contribution >= 4 is 17.5 Å². The summed E-state index contributed by atoms with van der Waals surface area (Å²) >= 11 is 0. The van der Waals surface area contributed by atoms with Gasteiger partial charge in [0.25, 0.3) is 0 Å².